The minimum atomic E-state index is -0.512. The molecule has 0 radical (unpaired) electrons. The number of hydrogen-bond donors (Lipinski definition) is 3. The highest BCUT2D eigenvalue weighted by Crippen LogP contribution is 2.39. The normalized spacial score (nSPS) is 15.8. The molecule has 0 aliphatic heterocycles. The van der Waals surface area contributed by atoms with E-state index < -0.39 is 11.9 Å². The van der Waals surface area contributed by atoms with Gasteiger partial charge in [0.05, 0.1) is 23.6 Å². The molecule has 1 amide bonds. The SMILES string of the molecule is CCOC(=O)c1ccccc1NC(=O)c1oc2c(c1C)/C(=N\N=C(N)N)CC(C)(C)C2. The summed E-state index contributed by atoms with van der Waals surface area (Å²) < 4.78 is 11.0. The number of nitrogens with two attached hydrogens (primary N) is 2. The molecule has 0 unspecified atom stereocenters. The maximum Gasteiger partial charge on any atom is 0.340 e. The quantitative estimate of drug-likeness (QED) is 0.291. The number of esters is 1. The van der Waals surface area contributed by atoms with Crippen LogP contribution in [0.3, 0.4) is 0 Å². The molecule has 0 bridgehead atoms. The molecule has 0 fully saturated rings. The zero-order chi connectivity index (χ0) is 22.8. The van der Waals surface area contributed by atoms with Gasteiger partial charge in [-0.3, -0.25) is 4.79 Å². The van der Waals surface area contributed by atoms with E-state index in [2.05, 4.69) is 29.4 Å². The molecule has 5 N–H and O–H groups in total. The van der Waals surface area contributed by atoms with Crippen molar-refractivity contribution in [1.82, 2.24) is 0 Å². The van der Waals surface area contributed by atoms with Gasteiger partial charge in [-0.25, -0.2) is 4.79 Å². The van der Waals surface area contributed by atoms with Crippen molar-refractivity contribution >= 4 is 29.2 Å². The van der Waals surface area contributed by atoms with Crippen LogP contribution in [0.4, 0.5) is 5.69 Å². The van der Waals surface area contributed by atoms with Crippen LogP contribution in [-0.2, 0) is 11.2 Å². The molecule has 1 heterocycles. The molecule has 1 aliphatic carbocycles. The number of para-hydroxylation sites is 1. The Labute approximate surface area is 180 Å². The van der Waals surface area contributed by atoms with Crippen molar-refractivity contribution in [2.45, 2.75) is 40.5 Å². The third-order valence-electron chi connectivity index (χ3n) is 4.96. The summed E-state index contributed by atoms with van der Waals surface area (Å²) >= 11 is 0. The molecular formula is C22H27N5O4. The Morgan fingerprint density at radius 2 is 1.94 bits per heavy atom. The zero-order valence-electron chi connectivity index (χ0n) is 18.1. The van der Waals surface area contributed by atoms with E-state index in [1.54, 1.807) is 38.1 Å². The molecule has 31 heavy (non-hydrogen) atoms. The first-order chi connectivity index (χ1) is 14.6. The van der Waals surface area contributed by atoms with Gasteiger partial charge in [-0.2, -0.15) is 5.10 Å². The lowest BCUT2D eigenvalue weighted by molar-refractivity contribution is 0.0527. The molecule has 0 spiro atoms. The number of fused-ring (bicyclic) bond motifs is 1. The van der Waals surface area contributed by atoms with Crippen molar-refractivity contribution in [3.05, 3.63) is 52.5 Å². The van der Waals surface area contributed by atoms with Crippen molar-refractivity contribution < 1.29 is 18.7 Å². The summed E-state index contributed by atoms with van der Waals surface area (Å²) in [4.78, 5) is 25.3. The highest BCUT2D eigenvalue weighted by Gasteiger charge is 2.36. The Balaban J connectivity index is 1.98. The number of furan rings is 1. The van der Waals surface area contributed by atoms with Gasteiger partial charge in [-0.15, -0.1) is 5.10 Å². The summed E-state index contributed by atoms with van der Waals surface area (Å²) in [6, 6.07) is 6.65. The smallest absolute Gasteiger partial charge is 0.340 e. The predicted molar refractivity (Wildman–Crippen MR) is 118 cm³/mol. The summed E-state index contributed by atoms with van der Waals surface area (Å²) in [7, 11) is 0. The van der Waals surface area contributed by atoms with Crippen LogP contribution in [0.25, 0.3) is 0 Å². The minimum Gasteiger partial charge on any atom is -0.462 e. The van der Waals surface area contributed by atoms with Crippen molar-refractivity contribution in [2.75, 3.05) is 11.9 Å². The molecule has 3 rings (SSSR count). The number of anilines is 1. The van der Waals surface area contributed by atoms with E-state index in [0.717, 1.165) is 5.56 Å². The van der Waals surface area contributed by atoms with Gasteiger partial charge in [-0.1, -0.05) is 26.0 Å². The van der Waals surface area contributed by atoms with E-state index in [9.17, 15) is 9.59 Å². The van der Waals surface area contributed by atoms with E-state index in [1.807, 2.05) is 0 Å². The number of carbonyl (C=O) groups excluding carboxylic acids is 2. The largest absolute Gasteiger partial charge is 0.462 e. The number of hydrogen-bond acceptors (Lipinski definition) is 6. The van der Waals surface area contributed by atoms with Gasteiger partial charge in [0.2, 0.25) is 5.96 Å². The fourth-order valence-corrected chi connectivity index (χ4v) is 3.69. The third-order valence-corrected chi connectivity index (χ3v) is 4.96. The topological polar surface area (TPSA) is 145 Å². The van der Waals surface area contributed by atoms with Crippen LogP contribution in [0, 0.1) is 12.3 Å². The number of ether oxygens (including phenoxy) is 1. The number of benzene rings is 1. The average Bonchev–Trinajstić information content (AvgIpc) is 3.01. The second-order valence-electron chi connectivity index (χ2n) is 8.16. The van der Waals surface area contributed by atoms with E-state index >= 15 is 0 Å². The molecular weight excluding hydrogens is 398 g/mol. The van der Waals surface area contributed by atoms with Gasteiger partial charge in [-0.05, 0) is 37.8 Å². The highest BCUT2D eigenvalue weighted by atomic mass is 16.5. The van der Waals surface area contributed by atoms with Crippen LogP contribution in [0.1, 0.15) is 65.0 Å². The maximum absolute atomic E-state index is 13.1. The lowest BCUT2D eigenvalue weighted by atomic mass is 9.75. The Morgan fingerprint density at radius 3 is 2.61 bits per heavy atom. The Morgan fingerprint density at radius 1 is 1.23 bits per heavy atom. The number of nitrogens with one attached hydrogen (secondary N) is 1. The number of amides is 1. The van der Waals surface area contributed by atoms with Crippen LogP contribution >= 0.6 is 0 Å². The summed E-state index contributed by atoms with van der Waals surface area (Å²) in [5.74, 6) is -0.321. The summed E-state index contributed by atoms with van der Waals surface area (Å²) in [5.41, 5.74) is 13.4. The fourth-order valence-electron chi connectivity index (χ4n) is 3.69. The second-order valence-corrected chi connectivity index (χ2v) is 8.16. The van der Waals surface area contributed by atoms with Crippen molar-refractivity contribution in [2.24, 2.45) is 27.1 Å². The van der Waals surface area contributed by atoms with Gasteiger partial charge in [0.1, 0.15) is 5.76 Å². The predicted octanol–water partition coefficient (Wildman–Crippen LogP) is 2.97. The first-order valence-corrected chi connectivity index (χ1v) is 9.98. The van der Waals surface area contributed by atoms with Crippen LogP contribution in [0.5, 0.6) is 0 Å². The lowest BCUT2D eigenvalue weighted by Gasteiger charge is -2.29. The molecule has 164 valence electrons. The van der Waals surface area contributed by atoms with Gasteiger partial charge in [0.15, 0.2) is 5.76 Å². The van der Waals surface area contributed by atoms with E-state index in [1.165, 1.54) is 0 Å². The minimum absolute atomic E-state index is 0.140. The van der Waals surface area contributed by atoms with Crippen LogP contribution in [0.15, 0.2) is 38.9 Å². The molecule has 1 aromatic heterocycles. The second kappa shape index (κ2) is 8.63. The van der Waals surface area contributed by atoms with Crippen LogP contribution in [-0.4, -0.2) is 30.2 Å². The molecule has 0 saturated heterocycles. The molecule has 0 saturated carbocycles. The Hall–Kier alpha value is -3.62. The molecule has 9 heteroatoms. The standard InChI is InChI=1S/C22H27N5O4/c1-5-30-20(29)13-8-6-7-9-14(13)25-19(28)18-12(2)17-15(26-27-21(23)24)10-22(3,4)11-16(17)31-18/h6-9H,5,10-11H2,1-4H3,(H,25,28)(H4,23,24,27)/b26-15-. The third kappa shape index (κ3) is 4.76. The highest BCUT2D eigenvalue weighted by molar-refractivity contribution is 6.11. The molecule has 1 aliphatic rings. The van der Waals surface area contributed by atoms with Gasteiger partial charge >= 0.3 is 5.97 Å². The number of nitrogens with zero attached hydrogens (tertiary/aromatic N) is 2. The van der Waals surface area contributed by atoms with Crippen molar-refractivity contribution in [3.8, 4) is 0 Å². The van der Waals surface area contributed by atoms with Crippen LogP contribution in [0.2, 0.25) is 0 Å². The van der Waals surface area contributed by atoms with E-state index in [-0.39, 0.29) is 29.3 Å². The molecule has 9 nitrogen and oxygen atoms in total. The van der Waals surface area contributed by atoms with Crippen molar-refractivity contribution in [1.29, 1.82) is 0 Å². The summed E-state index contributed by atoms with van der Waals surface area (Å²) in [5, 5.41) is 10.7. The maximum atomic E-state index is 13.1. The average molecular weight is 425 g/mol. The van der Waals surface area contributed by atoms with E-state index in [4.69, 9.17) is 20.6 Å². The monoisotopic (exact) mass is 425 g/mol. The first-order valence-electron chi connectivity index (χ1n) is 9.98. The zero-order valence-corrected chi connectivity index (χ0v) is 18.1. The van der Waals surface area contributed by atoms with Gasteiger partial charge in [0.25, 0.3) is 5.91 Å². The molecule has 2 aromatic rings. The fraction of sp³-hybridized carbons (Fsp3) is 0.364. The van der Waals surface area contributed by atoms with Gasteiger partial charge in [0, 0.05) is 17.5 Å². The Bertz CT molecular complexity index is 1080. The van der Waals surface area contributed by atoms with Gasteiger partial charge < -0.3 is 25.9 Å². The number of rotatable bonds is 5. The first kappa shape index (κ1) is 22.1. The molecule has 1 aromatic carbocycles. The van der Waals surface area contributed by atoms with E-state index in [0.29, 0.717) is 35.6 Å². The summed E-state index contributed by atoms with van der Waals surface area (Å²) in [6.07, 6.45) is 1.26. The summed E-state index contributed by atoms with van der Waals surface area (Å²) in [6.45, 7) is 7.90. The van der Waals surface area contributed by atoms with Crippen LogP contribution < -0.4 is 16.8 Å². The number of carbonyl (C=O) groups is 2. The van der Waals surface area contributed by atoms with Crippen molar-refractivity contribution in [3.63, 3.8) is 0 Å². The molecule has 0 atom stereocenters. The lowest BCUT2D eigenvalue weighted by Crippen LogP contribution is -2.27. The Kier molecular flexibility index (Phi) is 6.14. The number of guanidine groups is 1.